The van der Waals surface area contributed by atoms with E-state index in [0.717, 1.165) is 12.8 Å². The molecule has 0 radical (unpaired) electrons. The van der Waals surface area contributed by atoms with Gasteiger partial charge in [-0.15, -0.1) is 0 Å². The third kappa shape index (κ3) is 5.81. The van der Waals surface area contributed by atoms with Crippen LogP contribution >= 0.6 is 12.2 Å². The van der Waals surface area contributed by atoms with Crippen molar-refractivity contribution < 1.29 is 4.79 Å². The molecule has 0 aliphatic heterocycles. The molecule has 2 aromatic carbocycles. The Kier molecular flexibility index (Phi) is 7.54. The predicted molar refractivity (Wildman–Crippen MR) is 112 cm³/mol. The Morgan fingerprint density at radius 3 is 1.92 bits per heavy atom. The van der Waals surface area contributed by atoms with E-state index in [1.807, 2.05) is 25.1 Å². The molecule has 2 aromatic rings. The van der Waals surface area contributed by atoms with E-state index in [-0.39, 0.29) is 5.91 Å². The molecule has 0 spiro atoms. The van der Waals surface area contributed by atoms with Gasteiger partial charge in [-0.2, -0.15) is 0 Å². The molecule has 0 saturated heterocycles. The molecule has 26 heavy (non-hydrogen) atoms. The minimum Gasteiger partial charge on any atom is -0.363 e. The minimum atomic E-state index is -0.184. The normalized spacial score (nSPS) is 12.4. The van der Waals surface area contributed by atoms with Gasteiger partial charge in [-0.05, 0) is 69.1 Å². The second-order valence-corrected chi connectivity index (χ2v) is 6.77. The molecule has 1 aliphatic rings. The number of carbonyl (C=O) groups is 1. The standard InChI is InChI=1S/C12H14.C10H12N2OS/c1-9-7-11-5-3-4-6-12(11)8-10(9)2;1-2-11-10(14)12-9(13)8-6-4-3-5-7-8/h3-6H,7-8H2,1-2H3;3-7H,2H2,1H3,(H2,11,12,13,14). The van der Waals surface area contributed by atoms with Crippen molar-refractivity contribution in [3.8, 4) is 0 Å². The zero-order valence-corrected chi connectivity index (χ0v) is 16.5. The fraction of sp³-hybridized carbons (Fsp3) is 0.273. The number of rotatable bonds is 2. The summed E-state index contributed by atoms with van der Waals surface area (Å²) in [5.74, 6) is -0.184. The summed E-state index contributed by atoms with van der Waals surface area (Å²) in [6, 6.07) is 17.7. The molecule has 136 valence electrons. The lowest BCUT2D eigenvalue weighted by Crippen LogP contribution is -2.38. The fourth-order valence-corrected chi connectivity index (χ4v) is 2.98. The molecule has 4 heteroatoms. The van der Waals surface area contributed by atoms with Crippen LogP contribution in [0.1, 0.15) is 42.3 Å². The predicted octanol–water partition coefficient (Wildman–Crippen LogP) is 4.43. The number of carbonyl (C=O) groups excluding carboxylic acids is 1. The van der Waals surface area contributed by atoms with Gasteiger partial charge in [0.1, 0.15) is 0 Å². The number of amides is 1. The van der Waals surface area contributed by atoms with Crippen LogP contribution in [0.5, 0.6) is 0 Å². The van der Waals surface area contributed by atoms with Crippen LogP contribution in [0.25, 0.3) is 0 Å². The fourth-order valence-electron chi connectivity index (χ4n) is 2.75. The number of hydrogen-bond acceptors (Lipinski definition) is 2. The molecule has 0 aromatic heterocycles. The van der Waals surface area contributed by atoms with E-state index in [0.29, 0.717) is 17.2 Å². The van der Waals surface area contributed by atoms with E-state index in [9.17, 15) is 4.79 Å². The summed E-state index contributed by atoms with van der Waals surface area (Å²) >= 11 is 4.89. The Bertz CT molecular complexity index is 764. The van der Waals surface area contributed by atoms with Gasteiger partial charge in [-0.1, -0.05) is 53.6 Å². The van der Waals surface area contributed by atoms with Gasteiger partial charge in [0.25, 0.3) is 5.91 Å². The van der Waals surface area contributed by atoms with Crippen LogP contribution in [-0.4, -0.2) is 17.6 Å². The first-order chi connectivity index (χ1) is 12.5. The van der Waals surface area contributed by atoms with Crippen molar-refractivity contribution in [3.05, 3.63) is 82.4 Å². The van der Waals surface area contributed by atoms with Gasteiger partial charge >= 0.3 is 0 Å². The minimum absolute atomic E-state index is 0.184. The van der Waals surface area contributed by atoms with Crippen molar-refractivity contribution >= 4 is 23.2 Å². The summed E-state index contributed by atoms with van der Waals surface area (Å²) in [5, 5.41) is 5.79. The molecule has 1 aliphatic carbocycles. The van der Waals surface area contributed by atoms with Crippen LogP contribution in [0.15, 0.2) is 65.7 Å². The summed E-state index contributed by atoms with van der Waals surface area (Å²) in [6.45, 7) is 7.10. The lowest BCUT2D eigenvalue weighted by atomic mass is 9.88. The number of nitrogens with one attached hydrogen (secondary N) is 2. The maximum atomic E-state index is 11.5. The first-order valence-electron chi connectivity index (χ1n) is 8.87. The zero-order chi connectivity index (χ0) is 18.9. The Hall–Kier alpha value is -2.46. The average Bonchev–Trinajstić information content (AvgIpc) is 2.64. The topological polar surface area (TPSA) is 41.1 Å². The van der Waals surface area contributed by atoms with Crippen molar-refractivity contribution in [1.82, 2.24) is 10.6 Å². The van der Waals surface area contributed by atoms with Crippen molar-refractivity contribution in [3.63, 3.8) is 0 Å². The second kappa shape index (κ2) is 9.88. The third-order valence-corrected chi connectivity index (χ3v) is 4.60. The van der Waals surface area contributed by atoms with Gasteiger partial charge in [0.15, 0.2) is 5.11 Å². The molecule has 1 amide bonds. The smallest absolute Gasteiger partial charge is 0.257 e. The van der Waals surface area contributed by atoms with Gasteiger partial charge in [-0.3, -0.25) is 10.1 Å². The molecule has 3 nitrogen and oxygen atoms in total. The van der Waals surface area contributed by atoms with E-state index < -0.39 is 0 Å². The van der Waals surface area contributed by atoms with E-state index in [1.54, 1.807) is 23.3 Å². The maximum Gasteiger partial charge on any atom is 0.257 e. The molecule has 0 saturated carbocycles. The highest BCUT2D eigenvalue weighted by atomic mass is 32.1. The third-order valence-electron chi connectivity index (χ3n) is 4.36. The Morgan fingerprint density at radius 1 is 0.923 bits per heavy atom. The van der Waals surface area contributed by atoms with Crippen molar-refractivity contribution in [2.24, 2.45) is 0 Å². The average molecular weight is 367 g/mol. The van der Waals surface area contributed by atoms with Crippen molar-refractivity contribution in [2.75, 3.05) is 6.54 Å². The van der Waals surface area contributed by atoms with Crippen LogP contribution in [0.4, 0.5) is 0 Å². The number of fused-ring (bicyclic) bond motifs is 1. The maximum absolute atomic E-state index is 11.5. The highest BCUT2D eigenvalue weighted by molar-refractivity contribution is 7.80. The Labute approximate surface area is 161 Å². The molecular formula is C22H26N2OS. The van der Waals surface area contributed by atoms with Crippen LogP contribution in [-0.2, 0) is 12.8 Å². The Morgan fingerprint density at radius 2 is 1.42 bits per heavy atom. The molecule has 3 rings (SSSR count). The van der Waals surface area contributed by atoms with E-state index >= 15 is 0 Å². The van der Waals surface area contributed by atoms with Gasteiger partial charge in [-0.25, -0.2) is 0 Å². The lowest BCUT2D eigenvalue weighted by molar-refractivity contribution is 0.0976. The highest BCUT2D eigenvalue weighted by Crippen LogP contribution is 2.24. The quantitative estimate of drug-likeness (QED) is 0.610. The van der Waals surface area contributed by atoms with Gasteiger partial charge in [0.05, 0.1) is 0 Å². The molecule has 2 N–H and O–H groups in total. The molecule has 0 unspecified atom stereocenters. The van der Waals surface area contributed by atoms with Crippen LogP contribution in [0.3, 0.4) is 0 Å². The van der Waals surface area contributed by atoms with E-state index in [1.165, 1.54) is 11.1 Å². The Balaban J connectivity index is 0.000000189. The van der Waals surface area contributed by atoms with Crippen LogP contribution in [0.2, 0.25) is 0 Å². The van der Waals surface area contributed by atoms with E-state index in [4.69, 9.17) is 12.2 Å². The summed E-state index contributed by atoms with van der Waals surface area (Å²) < 4.78 is 0. The first-order valence-corrected chi connectivity index (χ1v) is 9.28. The first kappa shape index (κ1) is 19.9. The molecule has 0 heterocycles. The number of thiocarbonyl (C=S) groups is 1. The molecule has 0 bridgehead atoms. The van der Waals surface area contributed by atoms with Gasteiger partial charge in [0, 0.05) is 12.1 Å². The zero-order valence-electron chi connectivity index (χ0n) is 15.6. The highest BCUT2D eigenvalue weighted by Gasteiger charge is 2.10. The lowest BCUT2D eigenvalue weighted by Gasteiger charge is -2.18. The molecule has 0 fully saturated rings. The molecular weight excluding hydrogens is 340 g/mol. The summed E-state index contributed by atoms with van der Waals surface area (Å²) in [6.07, 6.45) is 2.31. The number of hydrogen-bond donors (Lipinski definition) is 2. The van der Waals surface area contributed by atoms with Gasteiger partial charge in [0.2, 0.25) is 0 Å². The number of allylic oxidation sites excluding steroid dienone is 2. The number of benzene rings is 2. The van der Waals surface area contributed by atoms with E-state index in [2.05, 4.69) is 48.7 Å². The van der Waals surface area contributed by atoms with Crippen LogP contribution < -0.4 is 10.6 Å². The second-order valence-electron chi connectivity index (χ2n) is 6.36. The molecule has 0 atom stereocenters. The monoisotopic (exact) mass is 366 g/mol. The summed E-state index contributed by atoms with van der Waals surface area (Å²) in [5.41, 5.74) is 6.73. The van der Waals surface area contributed by atoms with Gasteiger partial charge < -0.3 is 5.32 Å². The van der Waals surface area contributed by atoms with Crippen LogP contribution in [0, 0.1) is 0 Å². The summed E-state index contributed by atoms with van der Waals surface area (Å²) in [7, 11) is 0. The SMILES string of the molecule is CC1=C(C)Cc2ccccc2C1.CCNC(=S)NC(=O)c1ccccc1. The largest absolute Gasteiger partial charge is 0.363 e. The summed E-state index contributed by atoms with van der Waals surface area (Å²) in [4.78, 5) is 11.5. The van der Waals surface area contributed by atoms with Crippen molar-refractivity contribution in [2.45, 2.75) is 33.6 Å². The van der Waals surface area contributed by atoms with Crippen molar-refractivity contribution in [1.29, 1.82) is 0 Å².